The van der Waals surface area contributed by atoms with E-state index < -0.39 is 5.91 Å². The minimum absolute atomic E-state index is 0.0383. The Morgan fingerprint density at radius 3 is 2.71 bits per heavy atom. The van der Waals surface area contributed by atoms with Crippen LogP contribution in [0.4, 0.5) is 5.69 Å². The van der Waals surface area contributed by atoms with Crippen molar-refractivity contribution in [1.29, 1.82) is 0 Å². The Kier molecular flexibility index (Phi) is 4.22. The van der Waals surface area contributed by atoms with Crippen molar-refractivity contribution in [1.82, 2.24) is 5.48 Å². The van der Waals surface area contributed by atoms with Gasteiger partial charge in [-0.3, -0.25) is 14.8 Å². The predicted molar refractivity (Wildman–Crippen MR) is 88.3 cm³/mol. The van der Waals surface area contributed by atoms with Crippen LogP contribution in [0.15, 0.2) is 36.4 Å². The van der Waals surface area contributed by atoms with Gasteiger partial charge in [0.1, 0.15) is 5.75 Å². The molecule has 2 amide bonds. The number of aryl methyl sites for hydroxylation is 2. The maximum absolute atomic E-state index is 12.3. The van der Waals surface area contributed by atoms with Gasteiger partial charge in [0.05, 0.1) is 12.2 Å². The average molecular weight is 326 g/mol. The molecule has 0 fully saturated rings. The minimum Gasteiger partial charge on any atom is -0.482 e. The monoisotopic (exact) mass is 326 g/mol. The number of anilines is 1. The minimum atomic E-state index is -0.637. The fourth-order valence-electron chi connectivity index (χ4n) is 2.67. The number of ether oxygens (including phenoxy) is 1. The first kappa shape index (κ1) is 16.0. The number of carbonyl (C=O) groups excluding carboxylic acids is 2. The van der Waals surface area contributed by atoms with Crippen LogP contribution >= 0.6 is 0 Å². The third-order valence-corrected chi connectivity index (χ3v) is 4.18. The van der Waals surface area contributed by atoms with Gasteiger partial charge in [0.25, 0.3) is 11.8 Å². The average Bonchev–Trinajstić information content (AvgIpc) is 2.59. The standard InChI is InChI=1S/C18H18N2O4/c1-11-3-4-13(7-12(11)2)9-20-15-8-14(18(22)19-23)5-6-16(15)24-10-17(20)21/h3-8,23H,9-10H2,1-2H3,(H,19,22). The Bertz CT molecular complexity index is 817. The molecule has 2 aromatic rings. The third-order valence-electron chi connectivity index (χ3n) is 4.18. The number of hydrogen-bond acceptors (Lipinski definition) is 4. The van der Waals surface area contributed by atoms with Crippen molar-refractivity contribution in [2.45, 2.75) is 20.4 Å². The molecule has 0 spiro atoms. The van der Waals surface area contributed by atoms with Crippen LogP contribution in [0.25, 0.3) is 0 Å². The molecule has 0 radical (unpaired) electrons. The van der Waals surface area contributed by atoms with Crippen molar-refractivity contribution < 1.29 is 19.5 Å². The topological polar surface area (TPSA) is 78.9 Å². The fraction of sp³-hybridized carbons (Fsp3) is 0.222. The molecule has 0 saturated carbocycles. The second-order valence-electron chi connectivity index (χ2n) is 5.81. The van der Waals surface area contributed by atoms with Crippen molar-refractivity contribution in [2.24, 2.45) is 0 Å². The van der Waals surface area contributed by atoms with Gasteiger partial charge >= 0.3 is 0 Å². The molecule has 0 unspecified atom stereocenters. The number of hydroxylamine groups is 1. The van der Waals surface area contributed by atoms with Gasteiger partial charge in [-0.1, -0.05) is 18.2 Å². The normalized spacial score (nSPS) is 13.3. The molecule has 1 heterocycles. The number of fused-ring (bicyclic) bond motifs is 1. The van der Waals surface area contributed by atoms with Crippen LogP contribution in [0.3, 0.4) is 0 Å². The van der Waals surface area contributed by atoms with Crippen LogP contribution in [0.5, 0.6) is 5.75 Å². The zero-order valence-electron chi connectivity index (χ0n) is 13.5. The van der Waals surface area contributed by atoms with Crippen LogP contribution < -0.4 is 15.1 Å². The lowest BCUT2D eigenvalue weighted by molar-refractivity contribution is -0.121. The van der Waals surface area contributed by atoms with E-state index in [2.05, 4.69) is 0 Å². The Balaban J connectivity index is 1.97. The largest absolute Gasteiger partial charge is 0.482 e. The lowest BCUT2D eigenvalue weighted by Gasteiger charge is -2.30. The smallest absolute Gasteiger partial charge is 0.274 e. The quantitative estimate of drug-likeness (QED) is 0.670. The zero-order valence-corrected chi connectivity index (χ0v) is 13.5. The van der Waals surface area contributed by atoms with Crippen LogP contribution in [-0.2, 0) is 11.3 Å². The van der Waals surface area contributed by atoms with Gasteiger partial charge in [0, 0.05) is 5.56 Å². The molecule has 2 aromatic carbocycles. The Morgan fingerprint density at radius 1 is 1.21 bits per heavy atom. The summed E-state index contributed by atoms with van der Waals surface area (Å²) in [5.41, 5.74) is 5.70. The molecule has 0 aromatic heterocycles. The second kappa shape index (κ2) is 6.33. The SMILES string of the molecule is Cc1ccc(CN2C(=O)COc3ccc(C(=O)NO)cc32)cc1C. The first-order valence-electron chi connectivity index (χ1n) is 7.57. The van der Waals surface area contributed by atoms with E-state index in [1.54, 1.807) is 22.5 Å². The first-order valence-corrected chi connectivity index (χ1v) is 7.57. The number of carbonyl (C=O) groups is 2. The highest BCUT2D eigenvalue weighted by Gasteiger charge is 2.26. The van der Waals surface area contributed by atoms with Crippen molar-refractivity contribution >= 4 is 17.5 Å². The summed E-state index contributed by atoms with van der Waals surface area (Å²) < 4.78 is 5.43. The Morgan fingerprint density at radius 2 is 2.00 bits per heavy atom. The molecular weight excluding hydrogens is 308 g/mol. The number of hydrogen-bond donors (Lipinski definition) is 2. The number of benzene rings is 2. The van der Waals surface area contributed by atoms with E-state index in [9.17, 15) is 9.59 Å². The molecule has 0 bridgehead atoms. The molecule has 24 heavy (non-hydrogen) atoms. The number of nitrogens with one attached hydrogen (secondary N) is 1. The van der Waals surface area contributed by atoms with E-state index in [1.165, 1.54) is 11.6 Å². The fourth-order valence-corrected chi connectivity index (χ4v) is 2.67. The van der Waals surface area contributed by atoms with Crippen LogP contribution in [-0.4, -0.2) is 23.6 Å². The summed E-state index contributed by atoms with van der Waals surface area (Å²) in [6, 6.07) is 10.7. The lowest BCUT2D eigenvalue weighted by Crippen LogP contribution is -2.38. The van der Waals surface area contributed by atoms with E-state index in [4.69, 9.17) is 9.94 Å². The van der Waals surface area contributed by atoms with E-state index in [0.29, 0.717) is 18.0 Å². The van der Waals surface area contributed by atoms with Gasteiger partial charge in [-0.05, 0) is 48.7 Å². The second-order valence-corrected chi connectivity index (χ2v) is 5.81. The van der Waals surface area contributed by atoms with E-state index >= 15 is 0 Å². The summed E-state index contributed by atoms with van der Waals surface area (Å²) in [5, 5.41) is 8.79. The maximum Gasteiger partial charge on any atom is 0.274 e. The van der Waals surface area contributed by atoms with Crippen LogP contribution in [0, 0.1) is 13.8 Å². The summed E-state index contributed by atoms with van der Waals surface area (Å²) in [5.74, 6) is -0.280. The summed E-state index contributed by atoms with van der Waals surface area (Å²) in [6.07, 6.45) is 0. The Hall–Kier alpha value is -2.86. The number of rotatable bonds is 3. The highest BCUT2D eigenvalue weighted by Crippen LogP contribution is 2.34. The molecule has 3 rings (SSSR count). The molecule has 0 saturated heterocycles. The maximum atomic E-state index is 12.3. The summed E-state index contributed by atoms with van der Waals surface area (Å²) >= 11 is 0. The lowest BCUT2D eigenvalue weighted by atomic mass is 10.0. The first-order chi connectivity index (χ1) is 11.5. The van der Waals surface area contributed by atoms with Crippen molar-refractivity contribution in [3.05, 3.63) is 58.7 Å². The zero-order chi connectivity index (χ0) is 17.3. The van der Waals surface area contributed by atoms with E-state index in [0.717, 1.165) is 11.1 Å². The highest BCUT2D eigenvalue weighted by atomic mass is 16.5. The Labute approximate surface area is 139 Å². The number of amides is 2. The van der Waals surface area contributed by atoms with Gasteiger partial charge in [-0.25, -0.2) is 5.48 Å². The third kappa shape index (κ3) is 2.96. The van der Waals surface area contributed by atoms with Crippen molar-refractivity contribution in [2.75, 3.05) is 11.5 Å². The van der Waals surface area contributed by atoms with E-state index in [-0.39, 0.29) is 18.1 Å². The molecular formula is C18H18N2O4. The predicted octanol–water partition coefficient (Wildman–Crippen LogP) is 2.35. The molecule has 0 atom stereocenters. The van der Waals surface area contributed by atoms with Gasteiger partial charge in [-0.2, -0.15) is 0 Å². The molecule has 124 valence electrons. The summed E-state index contributed by atoms with van der Waals surface area (Å²) in [6.45, 7) is 4.41. The number of nitrogens with zero attached hydrogens (tertiary/aromatic N) is 1. The molecule has 1 aliphatic heterocycles. The van der Waals surface area contributed by atoms with Gasteiger partial charge in [0.2, 0.25) is 0 Å². The molecule has 6 nitrogen and oxygen atoms in total. The van der Waals surface area contributed by atoms with E-state index in [1.807, 2.05) is 32.0 Å². The molecule has 6 heteroatoms. The van der Waals surface area contributed by atoms with Crippen LogP contribution in [0.2, 0.25) is 0 Å². The molecule has 1 aliphatic rings. The van der Waals surface area contributed by atoms with Gasteiger partial charge in [-0.15, -0.1) is 0 Å². The van der Waals surface area contributed by atoms with Gasteiger partial charge < -0.3 is 9.64 Å². The highest BCUT2D eigenvalue weighted by molar-refractivity contribution is 6.01. The van der Waals surface area contributed by atoms with Gasteiger partial charge in [0.15, 0.2) is 6.61 Å². The van der Waals surface area contributed by atoms with Crippen molar-refractivity contribution in [3.63, 3.8) is 0 Å². The summed E-state index contributed by atoms with van der Waals surface area (Å²) in [7, 11) is 0. The molecule has 0 aliphatic carbocycles. The molecule has 2 N–H and O–H groups in total. The van der Waals surface area contributed by atoms with Crippen LogP contribution in [0.1, 0.15) is 27.0 Å². The summed E-state index contributed by atoms with van der Waals surface area (Å²) in [4.78, 5) is 25.5. The van der Waals surface area contributed by atoms with Crippen molar-refractivity contribution in [3.8, 4) is 5.75 Å².